The lowest BCUT2D eigenvalue weighted by Gasteiger charge is -2.18. The Labute approximate surface area is 193 Å². The van der Waals surface area contributed by atoms with Crippen molar-refractivity contribution in [1.29, 1.82) is 0 Å². The van der Waals surface area contributed by atoms with E-state index in [1.54, 1.807) is 0 Å². The molecule has 0 heterocycles. The third kappa shape index (κ3) is 10.7. The smallest absolute Gasteiger partial charge is 0.341 e. The van der Waals surface area contributed by atoms with Crippen molar-refractivity contribution in [3.8, 4) is 0 Å². The van der Waals surface area contributed by atoms with Crippen LogP contribution in [0.1, 0.15) is 72.6 Å². The highest BCUT2D eigenvalue weighted by Crippen LogP contribution is 2.46. The van der Waals surface area contributed by atoms with E-state index in [1.807, 2.05) is 5.43 Å². The maximum atomic E-state index is 12.3. The molecule has 0 aromatic carbocycles. The van der Waals surface area contributed by atoms with Gasteiger partial charge >= 0.3 is 6.18 Å². The lowest BCUT2D eigenvalue weighted by molar-refractivity contribution is -0.145. The average molecular weight is 476 g/mol. The summed E-state index contributed by atoms with van der Waals surface area (Å²) in [7, 11) is 0. The molecule has 2 amide bonds. The Morgan fingerprint density at radius 3 is 2.19 bits per heavy atom. The maximum Gasteiger partial charge on any atom is 0.389 e. The second-order valence-electron chi connectivity index (χ2n) is 8.59. The number of thioether (sulfide) groups is 1. The molecule has 1 aliphatic rings. The van der Waals surface area contributed by atoms with E-state index in [0.29, 0.717) is 12.2 Å². The molecule has 4 N–H and O–H groups in total. The summed E-state index contributed by atoms with van der Waals surface area (Å²) in [5, 5.41) is 2.24. The first-order chi connectivity index (χ1) is 14.9. The van der Waals surface area contributed by atoms with Crippen molar-refractivity contribution >= 4 is 23.6 Å². The van der Waals surface area contributed by atoms with Gasteiger partial charge in [0, 0.05) is 17.4 Å². The monoisotopic (exact) mass is 475 g/mol. The van der Waals surface area contributed by atoms with Gasteiger partial charge in [-0.1, -0.05) is 34.9 Å². The molecule has 1 saturated carbocycles. The predicted octanol–water partition coefficient (Wildman–Crippen LogP) is 5.10. The van der Waals surface area contributed by atoms with Crippen LogP contribution in [0, 0.1) is 0 Å². The molecule has 5 nitrogen and oxygen atoms in total. The summed E-state index contributed by atoms with van der Waals surface area (Å²) in [5.41, 5.74) is 4.73. The molecule has 0 aromatic heterocycles. The number of hydrogen-bond acceptors (Lipinski definition) is 4. The highest BCUT2D eigenvalue weighted by atomic mass is 32.2. The third-order valence-corrected chi connectivity index (χ3v) is 6.61. The highest BCUT2D eigenvalue weighted by molar-refractivity contribution is 8.00. The van der Waals surface area contributed by atoms with Crippen LogP contribution in [0.3, 0.4) is 0 Å². The molecule has 1 aliphatic carbocycles. The number of rotatable bonds is 13. The van der Waals surface area contributed by atoms with Crippen molar-refractivity contribution in [3.63, 3.8) is 0 Å². The Kier molecular flexibility index (Phi) is 11.6. The Hall–Kier alpha value is -1.74. The zero-order chi connectivity index (χ0) is 24.4. The number of nitrogens with two attached hydrogens (primary N) is 1. The number of alkyl halides is 3. The van der Waals surface area contributed by atoms with Crippen molar-refractivity contribution in [3.05, 3.63) is 34.9 Å². The Morgan fingerprint density at radius 1 is 1.03 bits per heavy atom. The molecular weight excluding hydrogens is 439 g/mol. The number of halogens is 3. The number of amides is 2. The molecule has 0 saturated heterocycles. The quantitative estimate of drug-likeness (QED) is 0.150. The molecule has 0 aromatic rings. The topological polar surface area (TPSA) is 84.2 Å². The van der Waals surface area contributed by atoms with Gasteiger partial charge in [-0.25, -0.2) is 5.84 Å². The summed E-state index contributed by atoms with van der Waals surface area (Å²) in [4.78, 5) is 24.0. The number of carbonyl (C=O) groups is 2. The van der Waals surface area contributed by atoms with Crippen molar-refractivity contribution in [2.24, 2.45) is 5.84 Å². The normalized spacial score (nSPS) is 21.2. The Bertz CT molecular complexity index is 743. The van der Waals surface area contributed by atoms with Gasteiger partial charge in [-0.15, -0.1) is 0 Å². The minimum Gasteiger partial charge on any atom is -0.341 e. The standard InChI is InChI=1S/C23H36F3N3O2S/c1-16(2)7-5-8-17(3)9-6-10-18(4)12-14-32-19-15-22(19,21(31)29-27)28-20(30)11-13-23(24,25)26/h7,9,12,19H,5-6,8,10-11,13-15,27H2,1-4H3,(H,28,30)(H,29,31)/b17-9+,18-12+. The molecule has 1 fully saturated rings. The Balaban J connectivity index is 2.46. The van der Waals surface area contributed by atoms with Crippen LogP contribution in [0.15, 0.2) is 34.9 Å². The van der Waals surface area contributed by atoms with Crippen LogP contribution in [-0.4, -0.2) is 34.5 Å². The summed E-state index contributed by atoms with van der Waals surface area (Å²) in [6.45, 7) is 8.40. The van der Waals surface area contributed by atoms with Crippen LogP contribution in [-0.2, 0) is 9.59 Å². The number of nitrogens with one attached hydrogen (secondary N) is 2. The first kappa shape index (κ1) is 28.3. The molecule has 0 aliphatic heterocycles. The molecule has 182 valence electrons. The van der Waals surface area contributed by atoms with E-state index in [0.717, 1.165) is 25.7 Å². The van der Waals surface area contributed by atoms with Crippen LogP contribution < -0.4 is 16.6 Å². The van der Waals surface area contributed by atoms with E-state index >= 15 is 0 Å². The maximum absolute atomic E-state index is 12.3. The molecule has 9 heteroatoms. The molecule has 0 spiro atoms. The molecular formula is C23H36F3N3O2S. The lowest BCUT2D eigenvalue weighted by atomic mass is 10.1. The van der Waals surface area contributed by atoms with Gasteiger partial charge in [0.05, 0.1) is 6.42 Å². The molecule has 2 unspecified atom stereocenters. The van der Waals surface area contributed by atoms with Gasteiger partial charge in [0.25, 0.3) is 5.91 Å². The number of hydrazine groups is 1. The van der Waals surface area contributed by atoms with E-state index in [4.69, 9.17) is 5.84 Å². The minimum atomic E-state index is -4.42. The van der Waals surface area contributed by atoms with Gasteiger partial charge < -0.3 is 5.32 Å². The van der Waals surface area contributed by atoms with E-state index in [1.165, 1.54) is 28.5 Å². The fraction of sp³-hybridized carbons (Fsp3) is 0.652. The number of hydrogen-bond donors (Lipinski definition) is 3. The van der Waals surface area contributed by atoms with Crippen LogP contribution in [0.5, 0.6) is 0 Å². The van der Waals surface area contributed by atoms with Gasteiger partial charge in [0.2, 0.25) is 5.91 Å². The Morgan fingerprint density at radius 2 is 1.62 bits per heavy atom. The van der Waals surface area contributed by atoms with E-state index in [9.17, 15) is 22.8 Å². The van der Waals surface area contributed by atoms with Crippen molar-refractivity contribution in [1.82, 2.24) is 10.7 Å². The largest absolute Gasteiger partial charge is 0.389 e. The van der Waals surface area contributed by atoms with E-state index < -0.39 is 36.4 Å². The molecule has 1 rings (SSSR count). The van der Waals surface area contributed by atoms with Crippen LogP contribution in [0.25, 0.3) is 0 Å². The van der Waals surface area contributed by atoms with Crippen molar-refractivity contribution in [2.75, 3.05) is 5.75 Å². The fourth-order valence-corrected chi connectivity index (χ4v) is 4.65. The van der Waals surface area contributed by atoms with Crippen LogP contribution in [0.4, 0.5) is 13.2 Å². The van der Waals surface area contributed by atoms with Gasteiger partial charge in [-0.2, -0.15) is 24.9 Å². The fourth-order valence-electron chi connectivity index (χ4n) is 3.20. The minimum absolute atomic E-state index is 0.220. The summed E-state index contributed by atoms with van der Waals surface area (Å²) >= 11 is 1.49. The van der Waals surface area contributed by atoms with Crippen molar-refractivity contribution in [2.45, 2.75) is 89.6 Å². The van der Waals surface area contributed by atoms with Gasteiger partial charge in [-0.05, 0) is 59.8 Å². The highest BCUT2D eigenvalue weighted by Gasteiger charge is 2.61. The van der Waals surface area contributed by atoms with E-state index in [2.05, 4.69) is 51.2 Å². The number of carbonyl (C=O) groups excluding carboxylic acids is 2. The van der Waals surface area contributed by atoms with E-state index in [-0.39, 0.29) is 5.25 Å². The number of allylic oxidation sites excluding steroid dienone is 5. The first-order valence-corrected chi connectivity index (χ1v) is 11.9. The molecule has 2 atom stereocenters. The first-order valence-electron chi connectivity index (χ1n) is 10.8. The SMILES string of the molecule is CC(C)=CCC/C(C)=C/CC/C(C)=C/CSC1CC1(NC(=O)CCC(F)(F)F)C(=O)NN. The summed E-state index contributed by atoms with van der Waals surface area (Å²) in [5.74, 6) is 4.49. The summed E-state index contributed by atoms with van der Waals surface area (Å²) in [6.07, 6.45) is 4.61. The third-order valence-electron chi connectivity index (χ3n) is 5.28. The van der Waals surface area contributed by atoms with Gasteiger partial charge in [0.15, 0.2) is 0 Å². The van der Waals surface area contributed by atoms with Crippen LogP contribution >= 0.6 is 11.8 Å². The van der Waals surface area contributed by atoms with Gasteiger partial charge in [0.1, 0.15) is 5.54 Å². The predicted molar refractivity (Wildman–Crippen MR) is 125 cm³/mol. The summed E-state index contributed by atoms with van der Waals surface area (Å²) in [6, 6.07) is 0. The lowest BCUT2D eigenvalue weighted by Crippen LogP contribution is -2.53. The second-order valence-corrected chi connectivity index (χ2v) is 9.83. The molecule has 0 bridgehead atoms. The zero-order valence-electron chi connectivity index (χ0n) is 19.4. The molecule has 32 heavy (non-hydrogen) atoms. The zero-order valence-corrected chi connectivity index (χ0v) is 20.2. The van der Waals surface area contributed by atoms with Crippen molar-refractivity contribution < 1.29 is 22.8 Å². The summed E-state index contributed by atoms with van der Waals surface area (Å²) < 4.78 is 37.0. The average Bonchev–Trinajstić information content (AvgIpc) is 3.38. The second kappa shape index (κ2) is 13.1. The van der Waals surface area contributed by atoms with Gasteiger partial charge in [-0.3, -0.25) is 15.0 Å². The van der Waals surface area contributed by atoms with Crippen LogP contribution in [0.2, 0.25) is 0 Å². The molecule has 0 radical (unpaired) electrons.